The lowest BCUT2D eigenvalue weighted by Crippen LogP contribution is -3.05. The molecule has 1 rings (SSSR count). The number of benzene rings is 1. The van der Waals surface area contributed by atoms with Crippen molar-refractivity contribution in [2.24, 2.45) is 5.92 Å². The van der Waals surface area contributed by atoms with E-state index in [1.54, 1.807) is 11.8 Å². The second kappa shape index (κ2) is 6.49. The number of para-hydroxylation sites is 1. The Morgan fingerprint density at radius 3 is 2.33 bits per heavy atom. The van der Waals surface area contributed by atoms with Crippen molar-refractivity contribution in [1.29, 1.82) is 0 Å². The molecule has 0 heterocycles. The van der Waals surface area contributed by atoms with E-state index in [0.717, 1.165) is 5.69 Å². The highest BCUT2D eigenvalue weighted by Gasteiger charge is 2.25. The summed E-state index contributed by atoms with van der Waals surface area (Å²) in [6.07, 6.45) is 0. The monoisotopic (exact) mass is 252 g/mol. The molecule has 1 aromatic carbocycles. The molecule has 0 aliphatic carbocycles. The highest BCUT2D eigenvalue weighted by molar-refractivity contribution is 5.95. The fraction of sp³-hybridized carbons (Fsp3) is 0.462. The molecule has 0 bridgehead atoms. The fourth-order valence-electron chi connectivity index (χ4n) is 1.86. The second-order valence-electron chi connectivity index (χ2n) is 4.64. The first-order chi connectivity index (χ1) is 8.43. The van der Waals surface area contributed by atoms with Crippen LogP contribution in [0.2, 0.25) is 0 Å². The third kappa shape index (κ3) is 3.80. The maximum absolute atomic E-state index is 12.3. The van der Waals surface area contributed by atoms with E-state index in [1.807, 2.05) is 44.2 Å². The summed E-state index contributed by atoms with van der Waals surface area (Å²) >= 11 is 0. The van der Waals surface area contributed by atoms with Crippen molar-refractivity contribution in [3.63, 3.8) is 0 Å². The third-order valence-electron chi connectivity index (χ3n) is 2.69. The summed E-state index contributed by atoms with van der Waals surface area (Å²) in [5.74, 6) is -0.677. The maximum Gasteiger partial charge on any atom is 0.235 e. The Balaban J connectivity index is 2.90. The van der Waals surface area contributed by atoms with Gasteiger partial charge in [0.1, 0.15) is 6.54 Å². The van der Waals surface area contributed by atoms with Crippen LogP contribution in [0, 0.1) is 11.1 Å². The van der Waals surface area contributed by atoms with Crippen molar-refractivity contribution < 1.29 is 15.2 Å². The van der Waals surface area contributed by atoms with Gasteiger partial charge in [0.05, 0.1) is 5.92 Å². The number of carbonyl (C=O) groups excluding carboxylic acids is 1. The molecule has 1 aromatic rings. The van der Waals surface area contributed by atoms with Crippen LogP contribution in [0.4, 0.5) is 5.69 Å². The largest absolute Gasteiger partial charge is 0.600 e. The Morgan fingerprint density at radius 2 is 1.89 bits per heavy atom. The van der Waals surface area contributed by atoms with Crippen molar-refractivity contribution in [3.8, 4) is 0 Å². The predicted molar refractivity (Wildman–Crippen MR) is 69.2 cm³/mol. The molecule has 2 atom stereocenters. The van der Waals surface area contributed by atoms with Crippen molar-refractivity contribution in [2.45, 2.75) is 26.8 Å². The van der Waals surface area contributed by atoms with Gasteiger partial charge in [-0.15, -0.1) is 0 Å². The first kappa shape index (κ1) is 14.6. The van der Waals surface area contributed by atoms with Gasteiger partial charge in [-0.1, -0.05) is 18.2 Å². The molecule has 5 heteroatoms. The summed E-state index contributed by atoms with van der Waals surface area (Å²) < 4.78 is 0. The van der Waals surface area contributed by atoms with Crippen LogP contribution in [0.25, 0.3) is 0 Å². The molecule has 2 unspecified atom stereocenters. The van der Waals surface area contributed by atoms with Gasteiger partial charge in [-0.3, -0.25) is 4.79 Å². The molecular weight excluding hydrogens is 232 g/mol. The van der Waals surface area contributed by atoms with Crippen LogP contribution in [-0.2, 0) is 4.79 Å². The van der Waals surface area contributed by atoms with E-state index in [4.69, 9.17) is 5.21 Å². The van der Waals surface area contributed by atoms with Gasteiger partial charge in [0.25, 0.3) is 0 Å². The highest BCUT2D eigenvalue weighted by Crippen LogP contribution is 2.18. The van der Waals surface area contributed by atoms with E-state index >= 15 is 0 Å². The lowest BCUT2D eigenvalue weighted by molar-refractivity contribution is -1.05. The van der Waals surface area contributed by atoms with Crippen LogP contribution in [0.1, 0.15) is 20.8 Å². The first-order valence-corrected chi connectivity index (χ1v) is 6.03. The van der Waals surface area contributed by atoms with E-state index in [-0.39, 0.29) is 18.5 Å². The number of rotatable bonds is 5. The molecule has 100 valence electrons. The summed E-state index contributed by atoms with van der Waals surface area (Å²) in [4.78, 5) is 13.9. The van der Waals surface area contributed by atoms with Gasteiger partial charge in [-0.25, -0.2) is 10.4 Å². The van der Waals surface area contributed by atoms with Crippen LogP contribution in [0.15, 0.2) is 30.3 Å². The molecule has 0 saturated carbocycles. The van der Waals surface area contributed by atoms with Gasteiger partial charge in [-0.2, -0.15) is 0 Å². The molecule has 5 nitrogen and oxygen atoms in total. The lowest BCUT2D eigenvalue weighted by atomic mass is 10.1. The molecule has 0 aliphatic heterocycles. The van der Waals surface area contributed by atoms with Crippen LogP contribution in [0.3, 0.4) is 0 Å². The molecule has 0 fully saturated rings. The average molecular weight is 252 g/mol. The number of amides is 1. The number of nitrogens with one attached hydrogen (secondary N) is 1. The Morgan fingerprint density at radius 1 is 1.33 bits per heavy atom. The highest BCUT2D eigenvalue weighted by atomic mass is 16.8. The number of hydroxylamine groups is 2. The zero-order valence-corrected chi connectivity index (χ0v) is 11.0. The molecule has 0 spiro atoms. The van der Waals surface area contributed by atoms with Gasteiger partial charge in [0, 0.05) is 11.7 Å². The summed E-state index contributed by atoms with van der Waals surface area (Å²) in [7, 11) is 0. The molecule has 0 aliphatic rings. The topological polar surface area (TPSA) is 68.0 Å². The van der Waals surface area contributed by atoms with Gasteiger partial charge >= 0.3 is 0 Å². The van der Waals surface area contributed by atoms with E-state index in [9.17, 15) is 10.0 Å². The zero-order valence-electron chi connectivity index (χ0n) is 11.0. The van der Waals surface area contributed by atoms with Crippen LogP contribution in [0.5, 0.6) is 0 Å². The molecule has 0 aromatic heterocycles. The SMILES string of the molecule is CC(C[NH+]([O-])O)C(=O)N(c1ccccc1)C(C)C. The normalized spacial score (nSPS) is 14.3. The zero-order chi connectivity index (χ0) is 13.7. The maximum atomic E-state index is 12.3. The quantitative estimate of drug-likeness (QED) is 0.763. The number of nitrogens with zero attached hydrogens (tertiary/aromatic N) is 1. The molecule has 2 N–H and O–H groups in total. The predicted octanol–water partition coefficient (Wildman–Crippen LogP) is 0.836. The standard InChI is InChI=1S/C13H20N2O3/c1-10(2)15(12-7-5-4-6-8-12)13(16)11(3)9-14(17)18/h4-8,10-11,14,17H,9H2,1-3H3. The number of hydrogen-bond donors (Lipinski definition) is 2. The Bertz CT molecular complexity index is 379. The summed E-state index contributed by atoms with van der Waals surface area (Å²) in [6, 6.07) is 9.31. The van der Waals surface area contributed by atoms with E-state index in [1.165, 1.54) is 0 Å². The van der Waals surface area contributed by atoms with Crippen LogP contribution in [-0.4, -0.2) is 23.7 Å². The van der Waals surface area contributed by atoms with Crippen LogP contribution >= 0.6 is 0 Å². The minimum absolute atomic E-state index is 0.00357. The van der Waals surface area contributed by atoms with Gasteiger partial charge in [-0.05, 0) is 32.9 Å². The fourth-order valence-corrected chi connectivity index (χ4v) is 1.86. The summed E-state index contributed by atoms with van der Waals surface area (Å²) in [5.41, 5.74) is 0.801. The number of anilines is 1. The minimum Gasteiger partial charge on any atom is -0.600 e. The van der Waals surface area contributed by atoms with Crippen molar-refractivity contribution >= 4 is 11.6 Å². The van der Waals surface area contributed by atoms with Crippen molar-refractivity contribution in [2.75, 3.05) is 11.4 Å². The number of hydrogen-bond acceptors (Lipinski definition) is 3. The van der Waals surface area contributed by atoms with Gasteiger partial charge in [0.2, 0.25) is 5.91 Å². The van der Waals surface area contributed by atoms with Crippen LogP contribution < -0.4 is 10.1 Å². The lowest BCUT2D eigenvalue weighted by Gasteiger charge is -2.30. The Kier molecular flexibility index (Phi) is 5.27. The van der Waals surface area contributed by atoms with Crippen molar-refractivity contribution in [3.05, 3.63) is 35.5 Å². The van der Waals surface area contributed by atoms with E-state index in [2.05, 4.69) is 0 Å². The molecule has 0 radical (unpaired) electrons. The number of carbonyl (C=O) groups is 1. The summed E-state index contributed by atoms with van der Waals surface area (Å²) in [6.45, 7) is 5.33. The molecular formula is C13H20N2O3. The second-order valence-corrected chi connectivity index (χ2v) is 4.64. The molecule has 1 amide bonds. The average Bonchev–Trinajstić information content (AvgIpc) is 2.29. The van der Waals surface area contributed by atoms with Gasteiger partial charge < -0.3 is 10.1 Å². The van der Waals surface area contributed by atoms with Crippen molar-refractivity contribution in [1.82, 2.24) is 0 Å². The Labute approximate surface area is 107 Å². The molecule has 18 heavy (non-hydrogen) atoms. The van der Waals surface area contributed by atoms with E-state index < -0.39 is 11.1 Å². The minimum atomic E-state index is -0.951. The van der Waals surface area contributed by atoms with E-state index in [0.29, 0.717) is 0 Å². The molecule has 0 saturated heterocycles. The smallest absolute Gasteiger partial charge is 0.235 e. The first-order valence-electron chi connectivity index (χ1n) is 6.03. The third-order valence-corrected chi connectivity index (χ3v) is 2.69. The van der Waals surface area contributed by atoms with Gasteiger partial charge in [0.15, 0.2) is 0 Å². The summed E-state index contributed by atoms with van der Waals surface area (Å²) in [5, 5.41) is 18.5. The number of quaternary nitrogens is 1. The Hall–Kier alpha value is -1.43.